The molecule has 4 rings (SSSR count). The van der Waals surface area contributed by atoms with E-state index in [4.69, 9.17) is 5.10 Å². The van der Waals surface area contributed by atoms with Crippen LogP contribution in [0.2, 0.25) is 0 Å². The number of benzene rings is 2. The summed E-state index contributed by atoms with van der Waals surface area (Å²) in [7, 11) is 0. The first-order valence-corrected chi connectivity index (χ1v) is 10.8. The molecule has 6 nitrogen and oxygen atoms in total. The van der Waals surface area contributed by atoms with Gasteiger partial charge in [0.1, 0.15) is 5.69 Å². The molecule has 0 radical (unpaired) electrons. The van der Waals surface area contributed by atoms with E-state index in [-0.39, 0.29) is 11.3 Å². The second-order valence-electron chi connectivity index (χ2n) is 8.92. The summed E-state index contributed by atoms with van der Waals surface area (Å²) in [5.41, 5.74) is 8.71. The molecule has 0 unspecified atom stereocenters. The van der Waals surface area contributed by atoms with Gasteiger partial charge in [-0.25, -0.2) is 10.1 Å². The second kappa shape index (κ2) is 9.20. The van der Waals surface area contributed by atoms with Crippen molar-refractivity contribution in [1.29, 1.82) is 0 Å². The molecule has 0 saturated carbocycles. The van der Waals surface area contributed by atoms with Crippen molar-refractivity contribution in [1.82, 2.24) is 20.2 Å². The Bertz CT molecular complexity index is 1280. The van der Waals surface area contributed by atoms with Gasteiger partial charge in [0.25, 0.3) is 5.91 Å². The minimum Gasteiger partial charge on any atom is -0.266 e. The number of aromatic nitrogens is 3. The lowest BCUT2D eigenvalue weighted by molar-refractivity contribution is 0.0947. The molecule has 0 bridgehead atoms. The highest BCUT2D eigenvalue weighted by Crippen LogP contribution is 2.23. The summed E-state index contributed by atoms with van der Waals surface area (Å²) in [6, 6.07) is 21.5. The number of pyridine rings is 1. The Labute approximate surface area is 194 Å². The van der Waals surface area contributed by atoms with Crippen LogP contribution in [0.25, 0.3) is 16.9 Å². The van der Waals surface area contributed by atoms with Gasteiger partial charge in [-0.2, -0.15) is 10.2 Å². The summed E-state index contributed by atoms with van der Waals surface area (Å²) in [6.45, 7) is 8.51. The van der Waals surface area contributed by atoms with Crippen molar-refractivity contribution in [3.63, 3.8) is 0 Å². The molecule has 4 aromatic rings. The van der Waals surface area contributed by atoms with Crippen LogP contribution in [0.4, 0.5) is 0 Å². The number of carbonyl (C=O) groups excluding carboxylic acids is 1. The third-order valence-corrected chi connectivity index (χ3v) is 5.42. The van der Waals surface area contributed by atoms with Crippen LogP contribution in [0, 0.1) is 6.92 Å². The Balaban J connectivity index is 1.60. The number of hydrogen-bond donors (Lipinski definition) is 1. The highest BCUT2D eigenvalue weighted by Gasteiger charge is 2.18. The monoisotopic (exact) mass is 437 g/mol. The summed E-state index contributed by atoms with van der Waals surface area (Å²) in [6.07, 6.45) is 5.05. The van der Waals surface area contributed by atoms with Crippen molar-refractivity contribution in [3.8, 4) is 16.9 Å². The number of nitrogens with zero attached hydrogens (tertiary/aromatic N) is 4. The maximum absolute atomic E-state index is 13.1. The first-order valence-electron chi connectivity index (χ1n) is 10.8. The molecule has 33 heavy (non-hydrogen) atoms. The van der Waals surface area contributed by atoms with E-state index in [0.29, 0.717) is 11.4 Å². The fraction of sp³-hybridized carbons (Fsp3) is 0.185. The van der Waals surface area contributed by atoms with E-state index in [0.717, 1.165) is 22.4 Å². The van der Waals surface area contributed by atoms with Gasteiger partial charge in [0.15, 0.2) is 0 Å². The first-order chi connectivity index (χ1) is 15.8. The predicted molar refractivity (Wildman–Crippen MR) is 132 cm³/mol. The molecule has 0 fully saturated rings. The topological polar surface area (TPSA) is 72.2 Å². The number of hydrogen-bond acceptors (Lipinski definition) is 4. The molecule has 0 saturated heterocycles. The molecule has 166 valence electrons. The zero-order valence-corrected chi connectivity index (χ0v) is 19.3. The summed E-state index contributed by atoms with van der Waals surface area (Å²) in [5.74, 6) is -0.339. The van der Waals surface area contributed by atoms with Gasteiger partial charge >= 0.3 is 0 Å². The Morgan fingerprint density at radius 3 is 2.36 bits per heavy atom. The number of para-hydroxylation sites is 1. The third kappa shape index (κ3) is 5.06. The van der Waals surface area contributed by atoms with Crippen molar-refractivity contribution >= 4 is 12.1 Å². The fourth-order valence-corrected chi connectivity index (χ4v) is 3.48. The molecule has 0 spiro atoms. The van der Waals surface area contributed by atoms with Crippen LogP contribution in [-0.4, -0.2) is 26.9 Å². The van der Waals surface area contributed by atoms with Crippen molar-refractivity contribution < 1.29 is 4.79 Å². The van der Waals surface area contributed by atoms with Gasteiger partial charge < -0.3 is 0 Å². The van der Waals surface area contributed by atoms with Gasteiger partial charge in [0, 0.05) is 18.0 Å². The van der Waals surface area contributed by atoms with Gasteiger partial charge in [0.2, 0.25) is 0 Å². The van der Waals surface area contributed by atoms with Crippen LogP contribution in [0.5, 0.6) is 0 Å². The molecule has 0 aliphatic heterocycles. The van der Waals surface area contributed by atoms with E-state index < -0.39 is 0 Å². The lowest BCUT2D eigenvalue weighted by atomic mass is 9.87. The van der Waals surface area contributed by atoms with Gasteiger partial charge in [-0.15, -0.1) is 0 Å². The summed E-state index contributed by atoms with van der Waals surface area (Å²) in [4.78, 5) is 17.1. The average molecular weight is 438 g/mol. The highest BCUT2D eigenvalue weighted by atomic mass is 16.2. The first kappa shape index (κ1) is 22.1. The lowest BCUT2D eigenvalue weighted by Crippen LogP contribution is -2.21. The summed E-state index contributed by atoms with van der Waals surface area (Å²) < 4.78 is 1.66. The minimum absolute atomic E-state index is 0.0877. The molecule has 0 atom stereocenters. The van der Waals surface area contributed by atoms with Gasteiger partial charge in [-0.3, -0.25) is 9.78 Å². The van der Waals surface area contributed by atoms with Crippen LogP contribution >= 0.6 is 0 Å². The SMILES string of the molecule is Cc1ccccc1-n1nc(-c2ccncc2)cc1C(=O)NN=Cc1ccc(C(C)(C)C)cc1. The summed E-state index contributed by atoms with van der Waals surface area (Å²) in [5, 5.41) is 8.88. The van der Waals surface area contributed by atoms with Crippen LogP contribution in [0.15, 0.2) is 84.2 Å². The molecule has 0 aliphatic rings. The number of aryl methyl sites for hydroxylation is 1. The average Bonchev–Trinajstić information content (AvgIpc) is 3.25. The normalized spacial score (nSPS) is 11.6. The molecule has 6 heteroatoms. The quantitative estimate of drug-likeness (QED) is 0.340. The van der Waals surface area contributed by atoms with E-state index in [1.165, 1.54) is 5.56 Å². The van der Waals surface area contributed by atoms with E-state index in [1.807, 2.05) is 55.5 Å². The number of hydrazone groups is 1. The van der Waals surface area contributed by atoms with Crippen LogP contribution < -0.4 is 5.43 Å². The lowest BCUT2D eigenvalue weighted by Gasteiger charge is -2.18. The Hall–Kier alpha value is -4.06. The van der Waals surface area contributed by atoms with E-state index in [1.54, 1.807) is 29.4 Å². The van der Waals surface area contributed by atoms with Crippen LogP contribution in [-0.2, 0) is 5.41 Å². The molecular formula is C27H27N5O. The standard InChI is InChI=1S/C27H27N5O/c1-19-7-5-6-8-24(19)32-25(17-23(31-32)21-13-15-28-16-14-21)26(33)30-29-18-20-9-11-22(12-10-20)27(2,3)4/h5-18H,1-4H3,(H,30,33). The van der Waals surface area contributed by atoms with Crippen molar-refractivity contribution in [2.45, 2.75) is 33.1 Å². The number of nitrogens with one attached hydrogen (secondary N) is 1. The van der Waals surface area contributed by atoms with Crippen molar-refractivity contribution in [2.75, 3.05) is 0 Å². The minimum atomic E-state index is -0.339. The number of rotatable bonds is 5. The molecule has 2 heterocycles. The Morgan fingerprint density at radius 2 is 1.70 bits per heavy atom. The largest absolute Gasteiger partial charge is 0.290 e. The molecular weight excluding hydrogens is 410 g/mol. The second-order valence-corrected chi connectivity index (χ2v) is 8.92. The predicted octanol–water partition coefficient (Wildman–Crippen LogP) is 5.30. The van der Waals surface area contributed by atoms with E-state index in [9.17, 15) is 4.79 Å². The molecule has 1 amide bonds. The molecule has 1 N–H and O–H groups in total. The van der Waals surface area contributed by atoms with Gasteiger partial charge in [0.05, 0.1) is 17.6 Å². The zero-order valence-electron chi connectivity index (χ0n) is 19.3. The van der Waals surface area contributed by atoms with Gasteiger partial charge in [-0.1, -0.05) is 63.2 Å². The Morgan fingerprint density at radius 1 is 1.00 bits per heavy atom. The van der Waals surface area contributed by atoms with E-state index in [2.05, 4.69) is 48.4 Å². The van der Waals surface area contributed by atoms with Crippen LogP contribution in [0.3, 0.4) is 0 Å². The highest BCUT2D eigenvalue weighted by molar-refractivity contribution is 5.95. The summed E-state index contributed by atoms with van der Waals surface area (Å²) >= 11 is 0. The Kier molecular flexibility index (Phi) is 6.18. The third-order valence-electron chi connectivity index (χ3n) is 5.42. The molecule has 2 aromatic carbocycles. The van der Waals surface area contributed by atoms with Crippen molar-refractivity contribution in [2.24, 2.45) is 5.10 Å². The number of carbonyl (C=O) groups is 1. The zero-order chi connectivity index (χ0) is 23.4. The van der Waals surface area contributed by atoms with Crippen molar-refractivity contribution in [3.05, 3.63) is 102 Å². The maximum atomic E-state index is 13.1. The van der Waals surface area contributed by atoms with Gasteiger partial charge in [-0.05, 0) is 53.3 Å². The molecule has 0 aliphatic carbocycles. The molecule has 2 aromatic heterocycles. The number of amides is 1. The fourth-order valence-electron chi connectivity index (χ4n) is 3.48. The van der Waals surface area contributed by atoms with Crippen LogP contribution in [0.1, 0.15) is 48.0 Å². The smallest absolute Gasteiger partial charge is 0.266 e. The maximum Gasteiger partial charge on any atom is 0.290 e. The van der Waals surface area contributed by atoms with E-state index >= 15 is 0 Å².